The number of nitrogens with two attached hydrogens (primary N) is 1. The molecule has 5 N–H and O–H groups in total. The van der Waals surface area contributed by atoms with Gasteiger partial charge in [-0.2, -0.15) is 0 Å². The fraction of sp³-hybridized carbons (Fsp3) is 0.130. The second-order valence-corrected chi connectivity index (χ2v) is 6.76. The summed E-state index contributed by atoms with van der Waals surface area (Å²) in [5.41, 5.74) is 6.86. The number of nitrogen functional groups attached to an aromatic ring is 1. The number of hydrogen-bond acceptors (Lipinski definition) is 4. The van der Waals surface area contributed by atoms with Gasteiger partial charge < -0.3 is 21.1 Å². The molecule has 31 heavy (non-hydrogen) atoms. The molecule has 3 aromatic carbocycles. The van der Waals surface area contributed by atoms with E-state index in [2.05, 4.69) is 10.6 Å². The van der Waals surface area contributed by atoms with Gasteiger partial charge in [0.25, 0.3) is 5.91 Å². The average Bonchev–Trinajstić information content (AvgIpc) is 2.78. The molecule has 0 aliphatic carbocycles. The molecule has 0 heterocycles. The summed E-state index contributed by atoms with van der Waals surface area (Å²) in [6.07, 6.45) is -1.48. The van der Waals surface area contributed by atoms with Gasteiger partial charge in [0.05, 0.1) is 11.3 Å². The number of halogens is 2. The SMILES string of the molecule is COC(C(=O)NCc1ccc(C(=N)N)cc1)c1c(F)ccc(Nc2ccccc2)c1F. The van der Waals surface area contributed by atoms with Crippen molar-refractivity contribution in [3.63, 3.8) is 0 Å². The van der Waals surface area contributed by atoms with Crippen molar-refractivity contribution in [2.24, 2.45) is 5.73 Å². The largest absolute Gasteiger partial charge is 0.384 e. The zero-order valence-electron chi connectivity index (χ0n) is 16.8. The fourth-order valence-electron chi connectivity index (χ4n) is 3.02. The van der Waals surface area contributed by atoms with Crippen molar-refractivity contribution < 1.29 is 18.3 Å². The number of anilines is 2. The first-order chi connectivity index (χ1) is 14.9. The summed E-state index contributed by atoms with van der Waals surface area (Å²) in [6.45, 7) is 0.113. The first kappa shape index (κ1) is 21.9. The lowest BCUT2D eigenvalue weighted by molar-refractivity contribution is -0.131. The zero-order valence-corrected chi connectivity index (χ0v) is 16.8. The van der Waals surface area contributed by atoms with Crippen LogP contribution in [0.15, 0.2) is 66.7 Å². The average molecular weight is 424 g/mol. The summed E-state index contributed by atoms with van der Waals surface area (Å²) >= 11 is 0. The molecule has 1 amide bonds. The summed E-state index contributed by atoms with van der Waals surface area (Å²) in [7, 11) is 1.21. The first-order valence-electron chi connectivity index (χ1n) is 9.44. The number of carbonyl (C=O) groups excluding carboxylic acids is 1. The van der Waals surface area contributed by atoms with Gasteiger partial charge in [-0.15, -0.1) is 0 Å². The Balaban J connectivity index is 1.78. The second-order valence-electron chi connectivity index (χ2n) is 6.76. The number of para-hydroxylation sites is 1. The molecule has 1 unspecified atom stereocenters. The maximum absolute atomic E-state index is 15.1. The smallest absolute Gasteiger partial charge is 0.254 e. The van der Waals surface area contributed by atoms with E-state index in [-0.39, 0.29) is 18.1 Å². The third-order valence-corrected chi connectivity index (χ3v) is 4.65. The molecule has 0 spiro atoms. The van der Waals surface area contributed by atoms with Gasteiger partial charge in [-0.3, -0.25) is 10.2 Å². The molecule has 0 aliphatic rings. The third-order valence-electron chi connectivity index (χ3n) is 4.65. The number of nitrogens with one attached hydrogen (secondary N) is 3. The van der Waals surface area contributed by atoms with Crippen LogP contribution in [0.25, 0.3) is 0 Å². The molecule has 8 heteroatoms. The van der Waals surface area contributed by atoms with Crippen molar-refractivity contribution >= 4 is 23.1 Å². The molecule has 0 fully saturated rings. The number of ether oxygens (including phenoxy) is 1. The molecular formula is C23H22F2N4O2. The predicted molar refractivity (Wildman–Crippen MR) is 115 cm³/mol. The third kappa shape index (κ3) is 5.23. The predicted octanol–water partition coefficient (Wildman–Crippen LogP) is 4.00. The standard InChI is InChI=1S/C23H22F2N4O2/c1-31-21(23(30)28-13-14-7-9-15(10-8-14)22(26)27)19-17(24)11-12-18(20(19)25)29-16-5-3-2-4-6-16/h2-12,21,29H,13H2,1H3,(H3,26,27)(H,28,30). The summed E-state index contributed by atoms with van der Waals surface area (Å²) in [5, 5.41) is 12.9. The highest BCUT2D eigenvalue weighted by molar-refractivity contribution is 5.94. The highest BCUT2D eigenvalue weighted by atomic mass is 19.1. The minimum absolute atomic E-state index is 0.0253. The summed E-state index contributed by atoms with van der Waals surface area (Å²) in [6, 6.07) is 17.9. The van der Waals surface area contributed by atoms with E-state index in [9.17, 15) is 9.18 Å². The zero-order chi connectivity index (χ0) is 22.4. The summed E-state index contributed by atoms with van der Waals surface area (Å²) in [4.78, 5) is 12.7. The Morgan fingerprint density at radius 2 is 1.74 bits per heavy atom. The number of amidine groups is 1. The molecule has 3 aromatic rings. The number of amides is 1. The van der Waals surface area contributed by atoms with Crippen molar-refractivity contribution in [3.8, 4) is 0 Å². The van der Waals surface area contributed by atoms with Gasteiger partial charge >= 0.3 is 0 Å². The van der Waals surface area contributed by atoms with E-state index in [1.165, 1.54) is 13.2 Å². The molecule has 160 valence electrons. The molecule has 1 atom stereocenters. The van der Waals surface area contributed by atoms with Crippen molar-refractivity contribution in [1.82, 2.24) is 5.32 Å². The second kappa shape index (κ2) is 9.82. The molecular weight excluding hydrogens is 402 g/mol. The van der Waals surface area contributed by atoms with Crippen LogP contribution in [0, 0.1) is 17.0 Å². The summed E-state index contributed by atoms with van der Waals surface area (Å²) < 4.78 is 34.7. The Kier molecular flexibility index (Phi) is 6.94. The molecule has 0 aromatic heterocycles. The minimum atomic E-state index is -1.48. The normalized spacial score (nSPS) is 11.6. The Bertz CT molecular complexity index is 1070. The Labute approximate surface area is 178 Å². The van der Waals surface area contributed by atoms with Crippen LogP contribution in [0.3, 0.4) is 0 Å². The van der Waals surface area contributed by atoms with Gasteiger partial charge in [-0.1, -0.05) is 42.5 Å². The van der Waals surface area contributed by atoms with Gasteiger partial charge in [-0.05, 0) is 29.8 Å². The van der Waals surface area contributed by atoms with Gasteiger partial charge in [0, 0.05) is 24.9 Å². The van der Waals surface area contributed by atoms with Gasteiger partial charge in [0.15, 0.2) is 11.9 Å². The van der Waals surface area contributed by atoms with E-state index in [1.54, 1.807) is 48.5 Å². The lowest BCUT2D eigenvalue weighted by atomic mass is 10.0. The van der Waals surface area contributed by atoms with Gasteiger partial charge in [0.2, 0.25) is 0 Å². The van der Waals surface area contributed by atoms with E-state index in [1.807, 2.05) is 6.07 Å². The number of rotatable bonds is 8. The molecule has 0 bridgehead atoms. The van der Waals surface area contributed by atoms with Crippen molar-refractivity contribution in [2.45, 2.75) is 12.6 Å². The lowest BCUT2D eigenvalue weighted by Crippen LogP contribution is -2.31. The highest BCUT2D eigenvalue weighted by Gasteiger charge is 2.28. The maximum Gasteiger partial charge on any atom is 0.254 e. The molecule has 0 saturated carbocycles. The van der Waals surface area contributed by atoms with Crippen molar-refractivity contribution in [2.75, 3.05) is 12.4 Å². The monoisotopic (exact) mass is 424 g/mol. The summed E-state index contributed by atoms with van der Waals surface area (Å²) in [5.74, 6) is -2.54. The van der Waals surface area contributed by atoms with E-state index >= 15 is 4.39 Å². The van der Waals surface area contributed by atoms with Gasteiger partial charge in [0.1, 0.15) is 11.7 Å². The lowest BCUT2D eigenvalue weighted by Gasteiger charge is -2.19. The van der Waals surface area contributed by atoms with E-state index in [0.717, 1.165) is 11.6 Å². The number of hydrogen-bond donors (Lipinski definition) is 4. The number of carbonyl (C=O) groups is 1. The van der Waals surface area contributed by atoms with Crippen LogP contribution in [-0.4, -0.2) is 18.9 Å². The maximum atomic E-state index is 15.1. The van der Waals surface area contributed by atoms with Crippen LogP contribution in [0.1, 0.15) is 22.8 Å². The van der Waals surface area contributed by atoms with Crippen LogP contribution in [0.2, 0.25) is 0 Å². The Hall–Kier alpha value is -3.78. The number of benzene rings is 3. The molecule has 0 radical (unpaired) electrons. The fourth-order valence-corrected chi connectivity index (χ4v) is 3.02. The Morgan fingerprint density at radius 3 is 2.35 bits per heavy atom. The van der Waals surface area contributed by atoms with Crippen LogP contribution < -0.4 is 16.4 Å². The van der Waals surface area contributed by atoms with Crippen LogP contribution in [-0.2, 0) is 16.1 Å². The first-order valence-corrected chi connectivity index (χ1v) is 9.44. The van der Waals surface area contributed by atoms with Gasteiger partial charge in [-0.25, -0.2) is 8.78 Å². The van der Waals surface area contributed by atoms with Crippen LogP contribution >= 0.6 is 0 Å². The molecule has 0 saturated heterocycles. The quantitative estimate of drug-likeness (QED) is 0.324. The highest BCUT2D eigenvalue weighted by Crippen LogP contribution is 2.30. The molecule has 3 rings (SSSR count). The van der Waals surface area contributed by atoms with Crippen LogP contribution in [0.5, 0.6) is 0 Å². The molecule has 0 aliphatic heterocycles. The van der Waals surface area contributed by atoms with Crippen LogP contribution in [0.4, 0.5) is 20.2 Å². The van der Waals surface area contributed by atoms with E-state index < -0.39 is 29.2 Å². The van der Waals surface area contributed by atoms with Crippen molar-refractivity contribution in [1.29, 1.82) is 5.41 Å². The molecule has 6 nitrogen and oxygen atoms in total. The Morgan fingerprint density at radius 1 is 1.06 bits per heavy atom. The number of methoxy groups -OCH3 is 1. The van der Waals surface area contributed by atoms with E-state index in [0.29, 0.717) is 11.3 Å². The van der Waals surface area contributed by atoms with Crippen molar-refractivity contribution in [3.05, 3.63) is 95.1 Å². The van der Waals surface area contributed by atoms with E-state index in [4.69, 9.17) is 15.9 Å². The minimum Gasteiger partial charge on any atom is -0.384 e. The topological polar surface area (TPSA) is 100 Å².